The zero-order chi connectivity index (χ0) is 19.5. The van der Waals surface area contributed by atoms with E-state index in [1.54, 1.807) is 30.0 Å². The Hall–Kier alpha value is -3.12. The molecule has 4 rings (SSSR count). The third-order valence-corrected chi connectivity index (χ3v) is 4.76. The summed E-state index contributed by atoms with van der Waals surface area (Å²) in [5.74, 6) is 0.208. The van der Waals surface area contributed by atoms with Crippen molar-refractivity contribution in [2.24, 2.45) is 0 Å². The Morgan fingerprint density at radius 1 is 1.04 bits per heavy atom. The molecule has 0 unspecified atom stereocenters. The van der Waals surface area contributed by atoms with Gasteiger partial charge in [0.05, 0.1) is 18.6 Å². The molecule has 0 radical (unpaired) electrons. The fourth-order valence-corrected chi connectivity index (χ4v) is 3.28. The number of carbonyl (C=O) groups is 1. The summed E-state index contributed by atoms with van der Waals surface area (Å²) in [5.41, 5.74) is 0.902. The van der Waals surface area contributed by atoms with Crippen molar-refractivity contribution in [1.29, 1.82) is 0 Å². The van der Waals surface area contributed by atoms with Gasteiger partial charge in [0.2, 0.25) is 11.2 Å². The molecule has 6 heteroatoms. The van der Waals surface area contributed by atoms with Gasteiger partial charge in [-0.3, -0.25) is 9.59 Å². The van der Waals surface area contributed by atoms with E-state index in [-0.39, 0.29) is 17.1 Å². The van der Waals surface area contributed by atoms with Gasteiger partial charge in [-0.05, 0) is 19.1 Å². The van der Waals surface area contributed by atoms with E-state index in [4.69, 9.17) is 13.9 Å². The Morgan fingerprint density at radius 2 is 1.71 bits per heavy atom. The molecule has 1 amide bonds. The van der Waals surface area contributed by atoms with E-state index >= 15 is 0 Å². The van der Waals surface area contributed by atoms with Gasteiger partial charge in [-0.2, -0.15) is 0 Å². The van der Waals surface area contributed by atoms with Crippen molar-refractivity contribution < 1.29 is 18.7 Å². The van der Waals surface area contributed by atoms with Crippen molar-refractivity contribution in [2.45, 2.75) is 13.0 Å². The van der Waals surface area contributed by atoms with E-state index in [1.807, 2.05) is 36.4 Å². The Balaban J connectivity index is 1.75. The molecule has 1 aliphatic rings. The molecule has 0 saturated carbocycles. The molecule has 1 aromatic heterocycles. The van der Waals surface area contributed by atoms with Crippen LogP contribution in [0.15, 0.2) is 63.8 Å². The fourth-order valence-electron chi connectivity index (χ4n) is 3.28. The van der Waals surface area contributed by atoms with Crippen LogP contribution in [-0.2, 0) is 9.53 Å². The minimum atomic E-state index is -0.815. The number of fused-ring (bicyclic) bond motifs is 1. The number of hydrogen-bond acceptors (Lipinski definition) is 5. The highest BCUT2D eigenvalue weighted by Crippen LogP contribution is 2.31. The predicted octanol–water partition coefficient (Wildman–Crippen LogP) is 3.09. The van der Waals surface area contributed by atoms with E-state index in [9.17, 15) is 9.59 Å². The Morgan fingerprint density at radius 3 is 2.46 bits per heavy atom. The van der Waals surface area contributed by atoms with Crippen molar-refractivity contribution in [3.63, 3.8) is 0 Å². The summed E-state index contributed by atoms with van der Waals surface area (Å²) in [7, 11) is 0. The van der Waals surface area contributed by atoms with Gasteiger partial charge in [-0.25, -0.2) is 0 Å². The lowest BCUT2D eigenvalue weighted by Crippen LogP contribution is -2.46. The maximum Gasteiger partial charge on any atom is 0.263 e. The predicted molar refractivity (Wildman–Crippen MR) is 105 cm³/mol. The normalized spacial score (nSPS) is 15.4. The summed E-state index contributed by atoms with van der Waals surface area (Å²) in [4.78, 5) is 27.6. The highest BCUT2D eigenvalue weighted by molar-refractivity contribution is 5.84. The van der Waals surface area contributed by atoms with Gasteiger partial charge in [0, 0.05) is 18.7 Å². The molecule has 0 aliphatic carbocycles. The molecule has 28 heavy (non-hydrogen) atoms. The maximum atomic E-state index is 13.1. The first kappa shape index (κ1) is 18.3. The molecular formula is C22H21NO5. The zero-order valence-corrected chi connectivity index (χ0v) is 15.6. The highest BCUT2D eigenvalue weighted by Gasteiger charge is 2.27. The van der Waals surface area contributed by atoms with E-state index < -0.39 is 6.10 Å². The number of amides is 1. The third kappa shape index (κ3) is 3.51. The van der Waals surface area contributed by atoms with Gasteiger partial charge in [0.15, 0.2) is 11.9 Å². The van der Waals surface area contributed by atoms with Crippen LogP contribution in [0, 0.1) is 0 Å². The molecule has 6 nitrogen and oxygen atoms in total. The van der Waals surface area contributed by atoms with Crippen LogP contribution in [-0.4, -0.2) is 43.2 Å². The number of para-hydroxylation sites is 1. The second kappa shape index (κ2) is 7.86. The molecular weight excluding hydrogens is 358 g/mol. The first-order chi connectivity index (χ1) is 13.6. The zero-order valence-electron chi connectivity index (χ0n) is 15.6. The molecule has 1 aliphatic heterocycles. The Bertz CT molecular complexity index is 1040. The van der Waals surface area contributed by atoms with Gasteiger partial charge in [0.25, 0.3) is 5.91 Å². The SMILES string of the molecule is C[C@H](Oc1c(-c2ccccc2)oc2ccccc2c1=O)C(=O)N1CCOCC1. The standard InChI is InChI=1S/C22H21NO5/c1-15(22(25)23-11-13-26-14-12-23)27-21-19(24)17-9-5-6-10-18(17)28-20(21)16-7-3-2-4-8-16/h2-10,15H,11-14H2,1H3/t15-/m0/s1. The molecule has 144 valence electrons. The number of morpholine rings is 1. The number of ether oxygens (including phenoxy) is 2. The molecule has 2 heterocycles. The van der Waals surface area contributed by atoms with Gasteiger partial charge < -0.3 is 18.8 Å². The molecule has 0 spiro atoms. The van der Waals surface area contributed by atoms with Gasteiger partial charge >= 0.3 is 0 Å². The van der Waals surface area contributed by atoms with E-state index in [0.29, 0.717) is 48.6 Å². The highest BCUT2D eigenvalue weighted by atomic mass is 16.5. The minimum Gasteiger partial charge on any atom is -0.473 e. The van der Waals surface area contributed by atoms with Crippen molar-refractivity contribution in [3.8, 4) is 17.1 Å². The summed E-state index contributed by atoms with van der Waals surface area (Å²) in [6.07, 6.45) is -0.815. The molecule has 1 fully saturated rings. The Labute approximate surface area is 162 Å². The van der Waals surface area contributed by atoms with Crippen LogP contribution in [0.2, 0.25) is 0 Å². The summed E-state index contributed by atoms with van der Waals surface area (Å²) < 4.78 is 17.2. The summed E-state index contributed by atoms with van der Waals surface area (Å²) in [6, 6.07) is 16.3. The van der Waals surface area contributed by atoms with Crippen molar-refractivity contribution in [1.82, 2.24) is 4.90 Å². The summed E-state index contributed by atoms with van der Waals surface area (Å²) in [6.45, 7) is 3.70. The van der Waals surface area contributed by atoms with Crippen LogP contribution >= 0.6 is 0 Å². The number of benzene rings is 2. The van der Waals surface area contributed by atoms with Crippen LogP contribution in [0.1, 0.15) is 6.92 Å². The lowest BCUT2D eigenvalue weighted by Gasteiger charge is -2.29. The van der Waals surface area contributed by atoms with Crippen LogP contribution in [0.5, 0.6) is 5.75 Å². The van der Waals surface area contributed by atoms with Crippen LogP contribution in [0.4, 0.5) is 0 Å². The number of hydrogen-bond donors (Lipinski definition) is 0. The van der Waals surface area contributed by atoms with Crippen molar-refractivity contribution in [3.05, 3.63) is 64.8 Å². The van der Waals surface area contributed by atoms with E-state index in [2.05, 4.69) is 0 Å². The quantitative estimate of drug-likeness (QED) is 0.697. The molecule has 1 atom stereocenters. The fraction of sp³-hybridized carbons (Fsp3) is 0.273. The molecule has 1 saturated heterocycles. The van der Waals surface area contributed by atoms with E-state index in [0.717, 1.165) is 0 Å². The largest absolute Gasteiger partial charge is 0.473 e. The average molecular weight is 379 g/mol. The van der Waals surface area contributed by atoms with Gasteiger partial charge in [-0.1, -0.05) is 42.5 Å². The van der Waals surface area contributed by atoms with Crippen molar-refractivity contribution >= 4 is 16.9 Å². The first-order valence-electron chi connectivity index (χ1n) is 9.29. The van der Waals surface area contributed by atoms with Crippen LogP contribution < -0.4 is 10.2 Å². The molecule has 0 N–H and O–H groups in total. The molecule has 2 aromatic carbocycles. The van der Waals surface area contributed by atoms with Crippen LogP contribution in [0.25, 0.3) is 22.3 Å². The second-order valence-corrected chi connectivity index (χ2v) is 6.65. The van der Waals surface area contributed by atoms with Gasteiger partial charge in [-0.15, -0.1) is 0 Å². The summed E-state index contributed by atoms with van der Waals surface area (Å²) >= 11 is 0. The number of carbonyl (C=O) groups excluding carboxylic acids is 1. The topological polar surface area (TPSA) is 69.0 Å². The van der Waals surface area contributed by atoms with Crippen molar-refractivity contribution in [2.75, 3.05) is 26.3 Å². The number of nitrogens with zero attached hydrogens (tertiary/aromatic N) is 1. The second-order valence-electron chi connectivity index (χ2n) is 6.65. The first-order valence-corrected chi connectivity index (χ1v) is 9.29. The molecule has 3 aromatic rings. The molecule has 0 bridgehead atoms. The average Bonchev–Trinajstić information content (AvgIpc) is 2.76. The lowest BCUT2D eigenvalue weighted by molar-refractivity contribution is -0.142. The third-order valence-electron chi connectivity index (χ3n) is 4.76. The summed E-state index contributed by atoms with van der Waals surface area (Å²) in [5, 5.41) is 0.420. The smallest absolute Gasteiger partial charge is 0.263 e. The minimum absolute atomic E-state index is 0.0546. The lowest BCUT2D eigenvalue weighted by atomic mass is 10.1. The monoisotopic (exact) mass is 379 g/mol. The van der Waals surface area contributed by atoms with Gasteiger partial charge in [0.1, 0.15) is 5.58 Å². The van der Waals surface area contributed by atoms with Crippen LogP contribution in [0.3, 0.4) is 0 Å². The number of rotatable bonds is 4. The van der Waals surface area contributed by atoms with E-state index in [1.165, 1.54) is 0 Å². The maximum absolute atomic E-state index is 13.1. The Kier molecular flexibility index (Phi) is 5.12.